The summed E-state index contributed by atoms with van der Waals surface area (Å²) in [5.41, 5.74) is 2.09. The third kappa shape index (κ3) is 3.09. The van der Waals surface area contributed by atoms with Crippen LogP contribution in [-0.4, -0.2) is 28.7 Å². The molecule has 0 N–H and O–H groups in total. The van der Waals surface area contributed by atoms with E-state index in [9.17, 15) is 4.79 Å². The summed E-state index contributed by atoms with van der Waals surface area (Å²) >= 11 is 1.78. The maximum atomic E-state index is 12.4. The Morgan fingerprint density at radius 2 is 2.18 bits per heavy atom. The Morgan fingerprint density at radius 3 is 2.95 bits per heavy atom. The SMILES string of the molecule is COc1ccccc1C1SCCC(=O)N1Cc1cccnc1. The summed E-state index contributed by atoms with van der Waals surface area (Å²) in [6.07, 6.45) is 4.14. The van der Waals surface area contributed by atoms with E-state index in [0.29, 0.717) is 13.0 Å². The number of carbonyl (C=O) groups is 1. The summed E-state index contributed by atoms with van der Waals surface area (Å²) in [5.74, 6) is 1.84. The number of ether oxygens (including phenoxy) is 1. The number of para-hydroxylation sites is 1. The zero-order valence-corrected chi connectivity index (χ0v) is 13.3. The van der Waals surface area contributed by atoms with Crippen molar-refractivity contribution < 1.29 is 9.53 Å². The van der Waals surface area contributed by atoms with E-state index in [1.54, 1.807) is 25.1 Å². The van der Waals surface area contributed by atoms with Crippen LogP contribution in [0.5, 0.6) is 5.75 Å². The van der Waals surface area contributed by atoms with E-state index in [1.807, 2.05) is 47.5 Å². The van der Waals surface area contributed by atoms with Crippen LogP contribution < -0.4 is 4.74 Å². The van der Waals surface area contributed by atoms with E-state index < -0.39 is 0 Å². The average Bonchev–Trinajstić information content (AvgIpc) is 2.57. The van der Waals surface area contributed by atoms with Gasteiger partial charge in [0.15, 0.2) is 0 Å². The molecule has 0 saturated carbocycles. The molecule has 1 unspecified atom stereocenters. The molecule has 114 valence electrons. The van der Waals surface area contributed by atoms with Gasteiger partial charge in [0.25, 0.3) is 0 Å². The minimum Gasteiger partial charge on any atom is -0.496 e. The molecular weight excluding hydrogens is 296 g/mol. The van der Waals surface area contributed by atoms with Crippen LogP contribution >= 0.6 is 11.8 Å². The second-order valence-electron chi connectivity index (χ2n) is 5.10. The fraction of sp³-hybridized carbons (Fsp3) is 0.294. The van der Waals surface area contributed by atoms with E-state index in [-0.39, 0.29) is 11.3 Å². The number of rotatable bonds is 4. The van der Waals surface area contributed by atoms with Gasteiger partial charge >= 0.3 is 0 Å². The van der Waals surface area contributed by atoms with E-state index >= 15 is 0 Å². The van der Waals surface area contributed by atoms with Gasteiger partial charge in [-0.25, -0.2) is 0 Å². The molecule has 0 radical (unpaired) electrons. The largest absolute Gasteiger partial charge is 0.496 e. The summed E-state index contributed by atoms with van der Waals surface area (Å²) in [6.45, 7) is 0.572. The molecule has 0 aliphatic carbocycles. The monoisotopic (exact) mass is 314 g/mol. The van der Waals surface area contributed by atoms with Gasteiger partial charge in [-0.15, -0.1) is 11.8 Å². The Hall–Kier alpha value is -2.01. The highest BCUT2D eigenvalue weighted by Crippen LogP contribution is 2.41. The first-order valence-electron chi connectivity index (χ1n) is 7.22. The Morgan fingerprint density at radius 1 is 1.32 bits per heavy atom. The molecule has 1 aliphatic heterocycles. The third-order valence-corrected chi connectivity index (χ3v) is 4.94. The highest BCUT2D eigenvalue weighted by Gasteiger charge is 2.31. The molecular formula is C17H18N2O2S. The number of thioether (sulfide) groups is 1. The van der Waals surface area contributed by atoms with Crippen LogP contribution in [0.3, 0.4) is 0 Å². The molecule has 4 nitrogen and oxygen atoms in total. The Kier molecular flexibility index (Phi) is 4.63. The van der Waals surface area contributed by atoms with Crippen molar-refractivity contribution in [2.45, 2.75) is 18.3 Å². The van der Waals surface area contributed by atoms with Crippen LogP contribution in [-0.2, 0) is 11.3 Å². The van der Waals surface area contributed by atoms with Gasteiger partial charge in [-0.2, -0.15) is 0 Å². The van der Waals surface area contributed by atoms with Gasteiger partial charge in [-0.05, 0) is 17.7 Å². The Bertz CT molecular complexity index is 648. The summed E-state index contributed by atoms with van der Waals surface area (Å²) in [5, 5.41) is -0.0161. The van der Waals surface area contributed by atoms with Crippen molar-refractivity contribution in [3.8, 4) is 5.75 Å². The highest BCUT2D eigenvalue weighted by molar-refractivity contribution is 7.99. The number of amides is 1. The number of hydrogen-bond donors (Lipinski definition) is 0. The van der Waals surface area contributed by atoms with Crippen LogP contribution in [0.25, 0.3) is 0 Å². The molecule has 1 aromatic carbocycles. The average molecular weight is 314 g/mol. The lowest BCUT2D eigenvalue weighted by Gasteiger charge is -2.36. The quantitative estimate of drug-likeness (QED) is 0.869. The maximum absolute atomic E-state index is 12.4. The minimum absolute atomic E-state index is 0.0161. The minimum atomic E-state index is -0.0161. The first-order valence-corrected chi connectivity index (χ1v) is 8.27. The summed E-state index contributed by atoms with van der Waals surface area (Å²) in [6, 6.07) is 11.8. The molecule has 0 bridgehead atoms. The van der Waals surface area contributed by atoms with Crippen LogP contribution in [0.2, 0.25) is 0 Å². The lowest BCUT2D eigenvalue weighted by Crippen LogP contribution is -2.36. The number of aromatic nitrogens is 1. The second kappa shape index (κ2) is 6.83. The molecule has 3 rings (SSSR count). The number of benzene rings is 1. The molecule has 1 fully saturated rings. The zero-order chi connectivity index (χ0) is 15.4. The normalized spacial score (nSPS) is 18.3. The van der Waals surface area contributed by atoms with Gasteiger partial charge in [0.05, 0.1) is 7.11 Å². The molecule has 5 heteroatoms. The highest BCUT2D eigenvalue weighted by atomic mass is 32.2. The van der Waals surface area contributed by atoms with E-state index in [2.05, 4.69) is 4.98 Å². The fourth-order valence-corrected chi connectivity index (χ4v) is 3.87. The van der Waals surface area contributed by atoms with Crippen molar-refractivity contribution in [2.24, 2.45) is 0 Å². The molecule has 1 aliphatic rings. The molecule has 0 spiro atoms. The van der Waals surface area contributed by atoms with E-state index in [0.717, 1.165) is 22.6 Å². The molecule has 1 amide bonds. The van der Waals surface area contributed by atoms with Crippen molar-refractivity contribution in [3.63, 3.8) is 0 Å². The number of carbonyl (C=O) groups excluding carboxylic acids is 1. The third-order valence-electron chi connectivity index (χ3n) is 3.68. The number of pyridine rings is 1. The number of hydrogen-bond acceptors (Lipinski definition) is 4. The van der Waals surface area contributed by atoms with Gasteiger partial charge in [-0.3, -0.25) is 9.78 Å². The van der Waals surface area contributed by atoms with Crippen LogP contribution in [0, 0.1) is 0 Å². The first kappa shape index (κ1) is 14.9. The predicted molar refractivity (Wildman–Crippen MR) is 87.6 cm³/mol. The van der Waals surface area contributed by atoms with Crippen LogP contribution in [0.4, 0.5) is 0 Å². The molecule has 1 saturated heterocycles. The van der Waals surface area contributed by atoms with Gasteiger partial charge in [0.2, 0.25) is 5.91 Å². The van der Waals surface area contributed by atoms with Crippen LogP contribution in [0.1, 0.15) is 22.9 Å². The van der Waals surface area contributed by atoms with Crippen molar-refractivity contribution in [1.29, 1.82) is 0 Å². The lowest BCUT2D eigenvalue weighted by molar-refractivity contribution is -0.132. The molecule has 2 aromatic rings. The van der Waals surface area contributed by atoms with Crippen molar-refractivity contribution in [1.82, 2.24) is 9.88 Å². The van der Waals surface area contributed by atoms with E-state index in [4.69, 9.17) is 4.74 Å². The lowest BCUT2D eigenvalue weighted by atomic mass is 10.1. The van der Waals surface area contributed by atoms with Gasteiger partial charge in [0.1, 0.15) is 11.1 Å². The Balaban J connectivity index is 1.91. The smallest absolute Gasteiger partial charge is 0.224 e. The number of methoxy groups -OCH3 is 1. The second-order valence-corrected chi connectivity index (χ2v) is 6.29. The fourth-order valence-electron chi connectivity index (χ4n) is 2.61. The van der Waals surface area contributed by atoms with Gasteiger partial charge < -0.3 is 9.64 Å². The predicted octanol–water partition coefficient (Wildman–Crippen LogP) is 3.25. The summed E-state index contributed by atoms with van der Waals surface area (Å²) in [7, 11) is 1.67. The zero-order valence-electron chi connectivity index (χ0n) is 12.4. The van der Waals surface area contributed by atoms with E-state index in [1.165, 1.54) is 0 Å². The van der Waals surface area contributed by atoms with Crippen molar-refractivity contribution in [3.05, 3.63) is 59.9 Å². The standard InChI is InChI=1S/C17H18N2O2S/c1-21-15-7-3-2-6-14(15)17-19(16(20)8-10-22-17)12-13-5-4-9-18-11-13/h2-7,9,11,17H,8,10,12H2,1H3. The van der Waals surface area contributed by atoms with Gasteiger partial charge in [0, 0.05) is 36.7 Å². The maximum Gasteiger partial charge on any atom is 0.224 e. The summed E-state index contributed by atoms with van der Waals surface area (Å²) < 4.78 is 5.47. The molecule has 2 heterocycles. The first-order chi connectivity index (χ1) is 10.8. The Labute approximate surface area is 134 Å². The van der Waals surface area contributed by atoms with Crippen molar-refractivity contribution >= 4 is 17.7 Å². The summed E-state index contributed by atoms with van der Waals surface area (Å²) in [4.78, 5) is 18.5. The van der Waals surface area contributed by atoms with Crippen LogP contribution in [0.15, 0.2) is 48.8 Å². The molecule has 1 aromatic heterocycles. The molecule has 1 atom stereocenters. The molecule has 22 heavy (non-hydrogen) atoms. The topological polar surface area (TPSA) is 42.4 Å². The van der Waals surface area contributed by atoms with Crippen molar-refractivity contribution in [2.75, 3.05) is 12.9 Å². The number of nitrogens with zero attached hydrogens (tertiary/aromatic N) is 2. The van der Waals surface area contributed by atoms with Gasteiger partial charge in [-0.1, -0.05) is 24.3 Å².